The Morgan fingerprint density at radius 1 is 1.50 bits per heavy atom. The van der Waals surface area contributed by atoms with E-state index >= 15 is 0 Å². The van der Waals surface area contributed by atoms with Gasteiger partial charge in [0.2, 0.25) is 0 Å². The summed E-state index contributed by atoms with van der Waals surface area (Å²) in [6, 6.07) is 0. The SMILES string of the molecule is CCSC1CCCCN(CCCC(=O)O)C1. The lowest BCUT2D eigenvalue weighted by Gasteiger charge is -2.23. The lowest BCUT2D eigenvalue weighted by atomic mass is 10.2. The van der Waals surface area contributed by atoms with Gasteiger partial charge in [0.15, 0.2) is 0 Å². The number of nitrogens with zero attached hydrogens (tertiary/aromatic N) is 1. The molecule has 0 aromatic heterocycles. The van der Waals surface area contributed by atoms with Gasteiger partial charge in [-0.15, -0.1) is 0 Å². The Hall–Kier alpha value is -0.220. The van der Waals surface area contributed by atoms with Crippen molar-refractivity contribution in [2.75, 3.05) is 25.4 Å². The highest BCUT2D eigenvalue weighted by molar-refractivity contribution is 7.99. The Morgan fingerprint density at radius 3 is 3.00 bits per heavy atom. The van der Waals surface area contributed by atoms with Crippen LogP contribution in [0.5, 0.6) is 0 Å². The van der Waals surface area contributed by atoms with Crippen molar-refractivity contribution in [3.63, 3.8) is 0 Å². The minimum Gasteiger partial charge on any atom is -0.481 e. The largest absolute Gasteiger partial charge is 0.481 e. The highest BCUT2D eigenvalue weighted by atomic mass is 32.2. The molecule has 1 rings (SSSR count). The number of carboxylic acids is 1. The molecule has 0 saturated carbocycles. The van der Waals surface area contributed by atoms with Crippen molar-refractivity contribution < 1.29 is 9.90 Å². The number of aliphatic carboxylic acids is 1. The molecule has 94 valence electrons. The molecule has 1 fully saturated rings. The molecule has 1 aliphatic heterocycles. The first kappa shape index (κ1) is 13.8. The summed E-state index contributed by atoms with van der Waals surface area (Å²) in [5.41, 5.74) is 0. The van der Waals surface area contributed by atoms with Crippen LogP contribution >= 0.6 is 11.8 Å². The first-order valence-electron chi connectivity index (χ1n) is 6.28. The van der Waals surface area contributed by atoms with Crippen LogP contribution in [0, 0.1) is 0 Å². The van der Waals surface area contributed by atoms with E-state index in [1.807, 2.05) is 0 Å². The van der Waals surface area contributed by atoms with E-state index < -0.39 is 5.97 Å². The van der Waals surface area contributed by atoms with Gasteiger partial charge in [-0.3, -0.25) is 4.79 Å². The Morgan fingerprint density at radius 2 is 2.31 bits per heavy atom. The van der Waals surface area contributed by atoms with Crippen LogP contribution in [-0.4, -0.2) is 46.6 Å². The van der Waals surface area contributed by atoms with Crippen molar-refractivity contribution in [3.05, 3.63) is 0 Å². The number of hydrogen-bond acceptors (Lipinski definition) is 3. The molecule has 3 nitrogen and oxygen atoms in total. The molecule has 0 aliphatic carbocycles. The summed E-state index contributed by atoms with van der Waals surface area (Å²) in [7, 11) is 0. The monoisotopic (exact) mass is 245 g/mol. The number of carbonyl (C=O) groups is 1. The van der Waals surface area contributed by atoms with Crippen LogP contribution in [0.2, 0.25) is 0 Å². The Labute approximate surface area is 103 Å². The van der Waals surface area contributed by atoms with Gasteiger partial charge in [-0.05, 0) is 38.1 Å². The highest BCUT2D eigenvalue weighted by Gasteiger charge is 2.17. The van der Waals surface area contributed by atoms with Gasteiger partial charge in [-0.1, -0.05) is 13.3 Å². The fourth-order valence-corrected chi connectivity index (χ4v) is 3.33. The van der Waals surface area contributed by atoms with Gasteiger partial charge < -0.3 is 10.0 Å². The zero-order chi connectivity index (χ0) is 11.8. The van der Waals surface area contributed by atoms with E-state index in [0.717, 1.165) is 31.3 Å². The van der Waals surface area contributed by atoms with E-state index in [9.17, 15) is 4.79 Å². The second-order valence-electron chi connectivity index (χ2n) is 4.37. The summed E-state index contributed by atoms with van der Waals surface area (Å²) in [5, 5.41) is 9.37. The fraction of sp³-hybridized carbons (Fsp3) is 0.917. The average Bonchev–Trinajstić information content (AvgIpc) is 2.44. The number of hydrogen-bond donors (Lipinski definition) is 1. The van der Waals surface area contributed by atoms with Crippen LogP contribution < -0.4 is 0 Å². The Bertz CT molecular complexity index is 211. The third-order valence-corrected chi connectivity index (χ3v) is 4.17. The van der Waals surface area contributed by atoms with Crippen LogP contribution in [-0.2, 0) is 4.79 Å². The van der Waals surface area contributed by atoms with Gasteiger partial charge in [-0.2, -0.15) is 11.8 Å². The van der Waals surface area contributed by atoms with E-state index in [2.05, 4.69) is 23.6 Å². The Balaban J connectivity index is 2.25. The van der Waals surface area contributed by atoms with Crippen molar-refractivity contribution in [1.29, 1.82) is 0 Å². The molecule has 0 aromatic rings. The molecule has 4 heteroatoms. The van der Waals surface area contributed by atoms with E-state index in [1.54, 1.807) is 0 Å². The maximum absolute atomic E-state index is 10.5. The Kier molecular flexibility index (Phi) is 6.88. The van der Waals surface area contributed by atoms with Crippen molar-refractivity contribution in [1.82, 2.24) is 4.90 Å². The number of thioether (sulfide) groups is 1. The summed E-state index contributed by atoms with van der Waals surface area (Å²) in [5.74, 6) is 0.516. The quantitative estimate of drug-likeness (QED) is 0.780. The zero-order valence-corrected chi connectivity index (χ0v) is 11.0. The van der Waals surface area contributed by atoms with E-state index in [1.165, 1.54) is 25.0 Å². The zero-order valence-electron chi connectivity index (χ0n) is 10.2. The van der Waals surface area contributed by atoms with Gasteiger partial charge in [0.1, 0.15) is 0 Å². The summed E-state index contributed by atoms with van der Waals surface area (Å²) < 4.78 is 0. The average molecular weight is 245 g/mol. The molecule has 0 radical (unpaired) electrons. The van der Waals surface area contributed by atoms with Gasteiger partial charge in [0, 0.05) is 18.2 Å². The normalized spacial score (nSPS) is 22.9. The van der Waals surface area contributed by atoms with Crippen LogP contribution in [0.15, 0.2) is 0 Å². The molecular formula is C12H23NO2S. The minimum atomic E-state index is -0.672. The minimum absolute atomic E-state index is 0.308. The summed E-state index contributed by atoms with van der Waals surface area (Å²) >= 11 is 2.05. The van der Waals surface area contributed by atoms with Crippen LogP contribution in [0.3, 0.4) is 0 Å². The summed E-state index contributed by atoms with van der Waals surface area (Å²) in [4.78, 5) is 12.9. The van der Waals surface area contributed by atoms with Crippen LogP contribution in [0.25, 0.3) is 0 Å². The van der Waals surface area contributed by atoms with E-state index in [4.69, 9.17) is 5.11 Å². The predicted octanol–water partition coefficient (Wildman–Crippen LogP) is 2.46. The number of carboxylic acid groups (broad SMARTS) is 1. The number of rotatable bonds is 6. The lowest BCUT2D eigenvalue weighted by molar-refractivity contribution is -0.137. The van der Waals surface area contributed by atoms with Gasteiger partial charge in [0.25, 0.3) is 0 Å². The first-order valence-corrected chi connectivity index (χ1v) is 7.33. The van der Waals surface area contributed by atoms with Gasteiger partial charge >= 0.3 is 5.97 Å². The first-order chi connectivity index (χ1) is 7.72. The molecule has 0 bridgehead atoms. The molecule has 1 saturated heterocycles. The molecule has 0 spiro atoms. The van der Waals surface area contributed by atoms with E-state index in [0.29, 0.717) is 6.42 Å². The summed E-state index contributed by atoms with van der Waals surface area (Å²) in [6.07, 6.45) is 5.02. The third kappa shape index (κ3) is 5.75. The molecule has 1 N–H and O–H groups in total. The standard InChI is InChI=1S/C12H23NO2S/c1-2-16-11-6-3-4-8-13(10-11)9-5-7-12(14)15/h11H,2-10H2,1H3,(H,14,15). The topological polar surface area (TPSA) is 40.5 Å². The van der Waals surface area contributed by atoms with Crippen LogP contribution in [0.1, 0.15) is 39.0 Å². The predicted molar refractivity (Wildman–Crippen MR) is 69.1 cm³/mol. The second kappa shape index (κ2) is 7.96. The highest BCUT2D eigenvalue weighted by Crippen LogP contribution is 2.22. The van der Waals surface area contributed by atoms with Crippen molar-refractivity contribution in [2.24, 2.45) is 0 Å². The van der Waals surface area contributed by atoms with Crippen molar-refractivity contribution in [2.45, 2.75) is 44.3 Å². The smallest absolute Gasteiger partial charge is 0.303 e. The van der Waals surface area contributed by atoms with Crippen LogP contribution in [0.4, 0.5) is 0 Å². The summed E-state index contributed by atoms with van der Waals surface area (Å²) in [6.45, 7) is 5.47. The fourth-order valence-electron chi connectivity index (χ4n) is 2.21. The molecule has 0 aromatic carbocycles. The maximum atomic E-state index is 10.5. The molecule has 1 heterocycles. The van der Waals surface area contributed by atoms with Gasteiger partial charge in [0.05, 0.1) is 0 Å². The molecule has 1 aliphatic rings. The molecule has 1 atom stereocenters. The molecule has 16 heavy (non-hydrogen) atoms. The molecule has 0 amide bonds. The van der Waals surface area contributed by atoms with Gasteiger partial charge in [-0.25, -0.2) is 0 Å². The molecule has 1 unspecified atom stereocenters. The molecular weight excluding hydrogens is 222 g/mol. The number of likely N-dealkylation sites (tertiary alicyclic amines) is 1. The van der Waals surface area contributed by atoms with Crippen molar-refractivity contribution >= 4 is 17.7 Å². The van der Waals surface area contributed by atoms with E-state index in [-0.39, 0.29) is 0 Å². The van der Waals surface area contributed by atoms with Crippen molar-refractivity contribution in [3.8, 4) is 0 Å². The second-order valence-corrected chi connectivity index (χ2v) is 5.95. The maximum Gasteiger partial charge on any atom is 0.303 e. The lowest BCUT2D eigenvalue weighted by Crippen LogP contribution is -2.31. The third-order valence-electron chi connectivity index (χ3n) is 2.98.